The Labute approximate surface area is 196 Å². The fourth-order valence-electron chi connectivity index (χ4n) is 3.20. The van der Waals surface area contributed by atoms with Crippen molar-refractivity contribution in [1.29, 1.82) is 0 Å². The molecule has 3 atom stereocenters. The van der Waals surface area contributed by atoms with E-state index in [4.69, 9.17) is 60.6 Å². The lowest BCUT2D eigenvalue weighted by Gasteiger charge is -2.31. The zero-order valence-electron chi connectivity index (χ0n) is 16.3. The van der Waals surface area contributed by atoms with Gasteiger partial charge in [-0.05, 0) is 47.9 Å². The summed E-state index contributed by atoms with van der Waals surface area (Å²) in [4.78, 5) is 0. The molecule has 0 radical (unpaired) electrons. The maximum absolute atomic E-state index is 11.1. The van der Waals surface area contributed by atoms with Gasteiger partial charge in [-0.1, -0.05) is 65.1 Å². The molecule has 162 valence electrons. The number of aliphatic hydroxyl groups is 1. The third-order valence-electron chi connectivity index (χ3n) is 5.05. The first-order valence-electron chi connectivity index (χ1n) is 9.28. The molecule has 3 rings (SSSR count). The molecule has 2 aromatic carbocycles. The van der Waals surface area contributed by atoms with E-state index < -0.39 is 17.8 Å². The molecular formula is C22H22Cl4O4. The highest BCUT2D eigenvalue weighted by atomic mass is 35.5. The highest BCUT2D eigenvalue weighted by Crippen LogP contribution is 2.34. The molecule has 0 aliphatic carbocycles. The average Bonchev–Trinajstić information content (AvgIpc) is 3.00. The van der Waals surface area contributed by atoms with Gasteiger partial charge >= 0.3 is 0 Å². The van der Waals surface area contributed by atoms with Crippen LogP contribution in [0.25, 0.3) is 0 Å². The van der Waals surface area contributed by atoms with Gasteiger partial charge in [-0.25, -0.2) is 0 Å². The van der Waals surface area contributed by atoms with E-state index in [2.05, 4.69) is 6.58 Å². The summed E-state index contributed by atoms with van der Waals surface area (Å²) in [6.07, 6.45) is -1.17. The van der Waals surface area contributed by atoms with Crippen LogP contribution in [0.5, 0.6) is 0 Å². The molecule has 0 aromatic heterocycles. The second-order valence-corrected chi connectivity index (χ2v) is 8.96. The molecule has 0 unspecified atom stereocenters. The fraction of sp³-hybridized carbons (Fsp3) is 0.364. The molecule has 0 saturated carbocycles. The van der Waals surface area contributed by atoms with Gasteiger partial charge in [0.15, 0.2) is 0 Å². The van der Waals surface area contributed by atoms with Crippen molar-refractivity contribution in [3.8, 4) is 0 Å². The van der Waals surface area contributed by atoms with Crippen molar-refractivity contribution in [1.82, 2.24) is 0 Å². The van der Waals surface area contributed by atoms with Crippen LogP contribution >= 0.6 is 46.4 Å². The van der Waals surface area contributed by atoms with Crippen molar-refractivity contribution >= 4 is 46.4 Å². The molecule has 0 bridgehead atoms. The topological polar surface area (TPSA) is 47.9 Å². The van der Waals surface area contributed by atoms with Crippen molar-refractivity contribution in [2.24, 2.45) is 0 Å². The predicted molar refractivity (Wildman–Crippen MR) is 121 cm³/mol. The van der Waals surface area contributed by atoms with Gasteiger partial charge in [0.1, 0.15) is 17.8 Å². The Kier molecular flexibility index (Phi) is 8.10. The summed E-state index contributed by atoms with van der Waals surface area (Å²) in [5, 5.41) is 13.2. The largest absolute Gasteiger partial charge is 0.380 e. The summed E-state index contributed by atoms with van der Waals surface area (Å²) in [5.74, 6) is 0. The molecule has 0 amide bonds. The minimum Gasteiger partial charge on any atom is -0.380 e. The molecule has 1 N–H and O–H groups in total. The molecule has 2 aromatic rings. The highest BCUT2D eigenvalue weighted by Gasteiger charge is 2.50. The number of halogens is 4. The van der Waals surface area contributed by atoms with Crippen LogP contribution in [-0.4, -0.2) is 36.1 Å². The molecule has 4 nitrogen and oxygen atoms in total. The highest BCUT2D eigenvalue weighted by molar-refractivity contribution is 6.35. The Balaban J connectivity index is 1.66. The van der Waals surface area contributed by atoms with Crippen LogP contribution in [0.1, 0.15) is 18.1 Å². The van der Waals surface area contributed by atoms with E-state index in [1.165, 1.54) is 0 Å². The molecule has 1 saturated heterocycles. The molecule has 0 spiro atoms. The average molecular weight is 492 g/mol. The lowest BCUT2D eigenvalue weighted by atomic mass is 9.90. The minimum atomic E-state index is -1.33. The molecule has 1 aliphatic heterocycles. The predicted octanol–water partition coefficient (Wildman–Crippen LogP) is 6.11. The summed E-state index contributed by atoms with van der Waals surface area (Å²) in [6, 6.07) is 10.4. The number of hydrogen-bond donors (Lipinski definition) is 1. The van der Waals surface area contributed by atoms with Gasteiger partial charge < -0.3 is 19.3 Å². The molecule has 1 aliphatic rings. The summed E-state index contributed by atoms with van der Waals surface area (Å²) >= 11 is 24.3. The zero-order chi connectivity index (χ0) is 21.9. The zero-order valence-corrected chi connectivity index (χ0v) is 19.4. The van der Waals surface area contributed by atoms with Crippen LogP contribution in [0, 0.1) is 0 Å². The maximum Gasteiger partial charge on any atom is 0.137 e. The maximum atomic E-state index is 11.1. The SMILES string of the molecule is C=C(C)[C@]1(O)CO[C@H](COCc2ccc(Cl)cc2Cl)[C@H]1OCc1ccc(Cl)cc1Cl. The van der Waals surface area contributed by atoms with E-state index in [0.717, 1.165) is 11.1 Å². The van der Waals surface area contributed by atoms with Crippen LogP contribution in [0.15, 0.2) is 48.6 Å². The quantitative estimate of drug-likeness (QED) is 0.452. The smallest absolute Gasteiger partial charge is 0.137 e. The number of ether oxygens (including phenoxy) is 3. The van der Waals surface area contributed by atoms with Gasteiger partial charge in [0.25, 0.3) is 0 Å². The van der Waals surface area contributed by atoms with Crippen molar-refractivity contribution in [2.75, 3.05) is 13.2 Å². The number of rotatable bonds is 8. The van der Waals surface area contributed by atoms with Gasteiger partial charge in [-0.2, -0.15) is 0 Å². The van der Waals surface area contributed by atoms with Gasteiger partial charge in [0.05, 0.1) is 26.4 Å². The van der Waals surface area contributed by atoms with Crippen LogP contribution < -0.4 is 0 Å². The lowest BCUT2D eigenvalue weighted by molar-refractivity contribution is -0.0944. The van der Waals surface area contributed by atoms with Gasteiger partial charge in [-0.15, -0.1) is 0 Å². The third kappa shape index (κ3) is 5.50. The molecule has 1 fully saturated rings. The summed E-state index contributed by atoms with van der Waals surface area (Å²) in [6.45, 7) is 6.37. The van der Waals surface area contributed by atoms with Crippen molar-refractivity contribution < 1.29 is 19.3 Å². The van der Waals surface area contributed by atoms with Crippen LogP contribution in [0.3, 0.4) is 0 Å². The molecular weight excluding hydrogens is 470 g/mol. The van der Waals surface area contributed by atoms with Crippen molar-refractivity contribution in [3.05, 3.63) is 79.8 Å². The monoisotopic (exact) mass is 490 g/mol. The first kappa shape index (κ1) is 23.8. The third-order valence-corrected chi connectivity index (χ3v) is 6.23. The Morgan fingerprint density at radius 1 is 1.07 bits per heavy atom. The van der Waals surface area contributed by atoms with Crippen LogP contribution in [0.4, 0.5) is 0 Å². The van der Waals surface area contributed by atoms with Crippen molar-refractivity contribution in [2.45, 2.75) is 37.9 Å². The Hall–Kier alpha value is -0.820. The fourth-order valence-corrected chi connectivity index (χ4v) is 4.13. The summed E-state index contributed by atoms with van der Waals surface area (Å²) in [5.41, 5.74) is 0.785. The summed E-state index contributed by atoms with van der Waals surface area (Å²) in [7, 11) is 0. The van der Waals surface area contributed by atoms with E-state index in [-0.39, 0.29) is 26.4 Å². The Bertz CT molecular complexity index is 920. The van der Waals surface area contributed by atoms with E-state index in [1.54, 1.807) is 43.3 Å². The van der Waals surface area contributed by atoms with Crippen molar-refractivity contribution in [3.63, 3.8) is 0 Å². The first-order chi connectivity index (χ1) is 14.2. The Morgan fingerprint density at radius 2 is 1.63 bits per heavy atom. The van der Waals surface area contributed by atoms with Gasteiger partial charge in [-0.3, -0.25) is 0 Å². The van der Waals surface area contributed by atoms with Crippen LogP contribution in [0.2, 0.25) is 20.1 Å². The van der Waals surface area contributed by atoms with E-state index in [9.17, 15) is 5.11 Å². The molecule has 8 heteroatoms. The summed E-state index contributed by atoms with van der Waals surface area (Å²) < 4.78 is 17.7. The molecule has 30 heavy (non-hydrogen) atoms. The number of benzene rings is 2. The van der Waals surface area contributed by atoms with E-state index >= 15 is 0 Å². The van der Waals surface area contributed by atoms with Crippen LogP contribution in [-0.2, 0) is 27.4 Å². The lowest BCUT2D eigenvalue weighted by Crippen LogP contribution is -2.47. The standard InChI is InChI=1S/C22H22Cl4O4/c1-13(2)22(27)12-30-20(11-28-9-14-3-5-16(23)7-18(14)25)21(22)29-10-15-4-6-17(24)8-19(15)26/h3-8,20-21,27H,1,9-12H2,2H3/t20-,21-,22-/m1/s1. The van der Waals surface area contributed by atoms with Gasteiger partial charge in [0, 0.05) is 20.1 Å². The van der Waals surface area contributed by atoms with Gasteiger partial charge in [0.2, 0.25) is 0 Å². The minimum absolute atomic E-state index is 0.0665. The Morgan fingerprint density at radius 3 is 2.17 bits per heavy atom. The first-order valence-corrected chi connectivity index (χ1v) is 10.8. The second-order valence-electron chi connectivity index (χ2n) is 7.27. The second kappa shape index (κ2) is 10.2. The van der Waals surface area contributed by atoms with E-state index in [1.807, 2.05) is 0 Å². The molecule has 1 heterocycles. The van der Waals surface area contributed by atoms with E-state index in [0.29, 0.717) is 25.7 Å². The number of hydrogen-bond acceptors (Lipinski definition) is 4. The normalized spacial score (nSPS) is 23.7.